The lowest BCUT2D eigenvalue weighted by atomic mass is 10.3. The third-order valence-corrected chi connectivity index (χ3v) is 2.25. The van der Waals surface area contributed by atoms with Crippen LogP contribution in [0.3, 0.4) is 0 Å². The summed E-state index contributed by atoms with van der Waals surface area (Å²) in [6.07, 6.45) is 0.991. The molecule has 1 rings (SSSR count). The molecular weight excluding hydrogens is 239 g/mol. The zero-order valence-electron chi connectivity index (χ0n) is 6.59. The van der Waals surface area contributed by atoms with Gasteiger partial charge in [0.1, 0.15) is 5.75 Å². The van der Waals surface area contributed by atoms with Gasteiger partial charge in [-0.3, -0.25) is 0 Å². The van der Waals surface area contributed by atoms with E-state index in [0.29, 0.717) is 11.6 Å². The SMILES string of the molecule is Clc1ccccc1OCCCBr. The van der Waals surface area contributed by atoms with E-state index in [4.69, 9.17) is 16.3 Å². The van der Waals surface area contributed by atoms with Crippen molar-refractivity contribution in [2.75, 3.05) is 11.9 Å². The fraction of sp³-hybridized carbons (Fsp3) is 0.333. The molecule has 0 heterocycles. The van der Waals surface area contributed by atoms with Gasteiger partial charge in [-0.25, -0.2) is 0 Å². The van der Waals surface area contributed by atoms with Crippen molar-refractivity contribution in [3.63, 3.8) is 0 Å². The van der Waals surface area contributed by atoms with Crippen LogP contribution in [0.25, 0.3) is 0 Å². The molecule has 1 aromatic rings. The summed E-state index contributed by atoms with van der Waals surface area (Å²) in [5.74, 6) is 0.764. The highest BCUT2D eigenvalue weighted by atomic mass is 79.9. The first-order valence-electron chi connectivity index (χ1n) is 3.78. The minimum atomic E-state index is 0.673. The van der Waals surface area contributed by atoms with E-state index in [-0.39, 0.29) is 0 Å². The van der Waals surface area contributed by atoms with Crippen molar-refractivity contribution >= 4 is 27.5 Å². The third kappa shape index (κ3) is 3.03. The molecule has 12 heavy (non-hydrogen) atoms. The van der Waals surface area contributed by atoms with Crippen molar-refractivity contribution in [2.24, 2.45) is 0 Å². The molecule has 66 valence electrons. The normalized spacial score (nSPS) is 9.83. The molecule has 0 aliphatic heterocycles. The van der Waals surface area contributed by atoms with Gasteiger partial charge < -0.3 is 4.74 Å². The number of hydrogen-bond acceptors (Lipinski definition) is 1. The summed E-state index contributed by atoms with van der Waals surface area (Å²) >= 11 is 9.19. The minimum absolute atomic E-state index is 0.673. The smallest absolute Gasteiger partial charge is 0.137 e. The van der Waals surface area contributed by atoms with Gasteiger partial charge in [-0.15, -0.1) is 0 Å². The maximum atomic E-state index is 5.87. The van der Waals surface area contributed by atoms with Crippen LogP contribution in [-0.2, 0) is 0 Å². The molecule has 0 spiro atoms. The molecule has 1 aromatic carbocycles. The Morgan fingerprint density at radius 2 is 2.08 bits per heavy atom. The molecule has 0 aliphatic carbocycles. The molecule has 0 N–H and O–H groups in total. The number of halogens is 2. The summed E-state index contributed by atoms with van der Waals surface area (Å²) in [6.45, 7) is 0.703. The van der Waals surface area contributed by atoms with Gasteiger partial charge in [0.2, 0.25) is 0 Å². The number of ether oxygens (including phenoxy) is 1. The second-order valence-electron chi connectivity index (χ2n) is 2.32. The maximum Gasteiger partial charge on any atom is 0.137 e. The van der Waals surface area contributed by atoms with Gasteiger partial charge in [0, 0.05) is 5.33 Å². The second kappa shape index (κ2) is 5.44. The van der Waals surface area contributed by atoms with E-state index in [9.17, 15) is 0 Å². The number of alkyl halides is 1. The molecule has 0 aromatic heterocycles. The molecule has 0 fully saturated rings. The third-order valence-electron chi connectivity index (χ3n) is 1.37. The zero-order valence-corrected chi connectivity index (χ0v) is 8.94. The second-order valence-corrected chi connectivity index (χ2v) is 3.52. The standard InChI is InChI=1S/C9H10BrClO/c10-6-3-7-12-9-5-2-1-4-8(9)11/h1-2,4-5H,3,6-7H2. The van der Waals surface area contributed by atoms with Gasteiger partial charge in [0.25, 0.3) is 0 Å². The fourth-order valence-electron chi connectivity index (χ4n) is 0.798. The fourth-order valence-corrected chi connectivity index (χ4v) is 1.22. The van der Waals surface area contributed by atoms with Gasteiger partial charge in [-0.2, -0.15) is 0 Å². The van der Waals surface area contributed by atoms with Crippen molar-refractivity contribution in [3.05, 3.63) is 29.3 Å². The first-order valence-corrected chi connectivity index (χ1v) is 5.28. The number of benzene rings is 1. The van der Waals surface area contributed by atoms with Crippen LogP contribution in [0.2, 0.25) is 5.02 Å². The Balaban J connectivity index is 2.46. The lowest BCUT2D eigenvalue weighted by Gasteiger charge is -2.05. The van der Waals surface area contributed by atoms with E-state index in [1.165, 1.54) is 0 Å². The predicted molar refractivity (Wildman–Crippen MR) is 55.4 cm³/mol. The van der Waals surface area contributed by atoms with Gasteiger partial charge in [-0.05, 0) is 18.6 Å². The molecule has 0 aliphatic rings. The Bertz CT molecular complexity index is 240. The van der Waals surface area contributed by atoms with Crippen LogP contribution in [0.15, 0.2) is 24.3 Å². The summed E-state index contributed by atoms with van der Waals surface area (Å²) in [7, 11) is 0. The van der Waals surface area contributed by atoms with Crippen molar-refractivity contribution in [3.8, 4) is 5.75 Å². The Morgan fingerprint density at radius 3 is 2.75 bits per heavy atom. The Hall–Kier alpha value is -0.210. The van der Waals surface area contributed by atoms with Gasteiger partial charge >= 0.3 is 0 Å². The molecule has 0 unspecified atom stereocenters. The summed E-state index contributed by atoms with van der Waals surface area (Å²) < 4.78 is 5.42. The molecule has 0 radical (unpaired) electrons. The van der Waals surface area contributed by atoms with Crippen LogP contribution in [0.5, 0.6) is 5.75 Å². The Morgan fingerprint density at radius 1 is 1.33 bits per heavy atom. The maximum absolute atomic E-state index is 5.87. The van der Waals surface area contributed by atoms with Crippen LogP contribution in [-0.4, -0.2) is 11.9 Å². The van der Waals surface area contributed by atoms with E-state index >= 15 is 0 Å². The van der Waals surface area contributed by atoms with Crippen molar-refractivity contribution in [1.29, 1.82) is 0 Å². The van der Waals surface area contributed by atoms with Gasteiger partial charge in [0.05, 0.1) is 11.6 Å². The number of hydrogen-bond donors (Lipinski definition) is 0. The van der Waals surface area contributed by atoms with Crippen molar-refractivity contribution < 1.29 is 4.74 Å². The molecule has 0 atom stereocenters. The van der Waals surface area contributed by atoms with E-state index in [1.807, 2.05) is 24.3 Å². The monoisotopic (exact) mass is 248 g/mol. The highest BCUT2D eigenvalue weighted by Gasteiger charge is 1.97. The van der Waals surface area contributed by atoms with Crippen molar-refractivity contribution in [2.45, 2.75) is 6.42 Å². The predicted octanol–water partition coefficient (Wildman–Crippen LogP) is 3.50. The molecule has 0 saturated heterocycles. The highest BCUT2D eigenvalue weighted by molar-refractivity contribution is 9.09. The molecule has 0 bridgehead atoms. The van der Waals surface area contributed by atoms with Crippen LogP contribution >= 0.6 is 27.5 Å². The topological polar surface area (TPSA) is 9.23 Å². The first-order chi connectivity index (χ1) is 5.84. The van der Waals surface area contributed by atoms with Crippen LogP contribution in [0.1, 0.15) is 6.42 Å². The van der Waals surface area contributed by atoms with E-state index < -0.39 is 0 Å². The summed E-state index contributed by atoms with van der Waals surface area (Å²) in [5.41, 5.74) is 0. The quantitative estimate of drug-likeness (QED) is 0.586. The molecular formula is C9H10BrClO. The number of para-hydroxylation sites is 1. The molecule has 3 heteroatoms. The minimum Gasteiger partial charge on any atom is -0.492 e. The Kier molecular flexibility index (Phi) is 4.48. The van der Waals surface area contributed by atoms with Crippen LogP contribution < -0.4 is 4.74 Å². The lowest BCUT2D eigenvalue weighted by Crippen LogP contribution is -1.97. The molecule has 0 saturated carbocycles. The van der Waals surface area contributed by atoms with Gasteiger partial charge in [0.15, 0.2) is 0 Å². The summed E-state index contributed by atoms with van der Waals surface area (Å²) in [6, 6.07) is 7.50. The van der Waals surface area contributed by atoms with Crippen LogP contribution in [0.4, 0.5) is 0 Å². The average molecular weight is 250 g/mol. The lowest BCUT2D eigenvalue weighted by molar-refractivity contribution is 0.319. The average Bonchev–Trinajstić information content (AvgIpc) is 2.09. The summed E-state index contributed by atoms with van der Waals surface area (Å²) in [4.78, 5) is 0. The van der Waals surface area contributed by atoms with Crippen molar-refractivity contribution in [1.82, 2.24) is 0 Å². The van der Waals surface area contributed by atoms with E-state index in [0.717, 1.165) is 17.5 Å². The van der Waals surface area contributed by atoms with E-state index in [2.05, 4.69) is 15.9 Å². The number of rotatable bonds is 4. The molecule has 0 amide bonds. The largest absolute Gasteiger partial charge is 0.492 e. The Labute approximate surface area is 85.8 Å². The van der Waals surface area contributed by atoms with Gasteiger partial charge in [-0.1, -0.05) is 39.7 Å². The summed E-state index contributed by atoms with van der Waals surface area (Å²) in [5, 5.41) is 1.63. The highest BCUT2D eigenvalue weighted by Crippen LogP contribution is 2.22. The van der Waals surface area contributed by atoms with E-state index in [1.54, 1.807) is 0 Å². The first kappa shape index (κ1) is 9.87. The molecule has 1 nitrogen and oxygen atoms in total. The van der Waals surface area contributed by atoms with Crippen LogP contribution in [0, 0.1) is 0 Å². The zero-order chi connectivity index (χ0) is 8.81.